The first-order valence-electron chi connectivity index (χ1n) is 6.43. The molecule has 0 N–H and O–H groups in total. The first-order chi connectivity index (χ1) is 11.1. The fraction of sp³-hybridized carbons (Fsp3) is 0. The lowest BCUT2D eigenvalue weighted by Gasteiger charge is -2.07. The highest BCUT2D eigenvalue weighted by molar-refractivity contribution is 5.95. The SMILES string of the molecule is O=NC(=O)c1ccnc(-n2nccc2-c2ccc(F)c(F)c2)c1. The van der Waals surface area contributed by atoms with E-state index in [9.17, 15) is 18.5 Å². The topological polar surface area (TPSA) is 77.2 Å². The van der Waals surface area contributed by atoms with Crippen molar-refractivity contribution in [3.63, 3.8) is 0 Å². The van der Waals surface area contributed by atoms with Gasteiger partial charge in [-0.15, -0.1) is 4.91 Å². The van der Waals surface area contributed by atoms with Crippen LogP contribution in [0.2, 0.25) is 0 Å². The quantitative estimate of drug-likeness (QED) is 0.696. The highest BCUT2D eigenvalue weighted by Gasteiger charge is 2.13. The molecule has 2 aromatic heterocycles. The highest BCUT2D eigenvalue weighted by atomic mass is 19.2. The lowest BCUT2D eigenvalue weighted by Crippen LogP contribution is -2.04. The van der Waals surface area contributed by atoms with Gasteiger partial charge in [0.15, 0.2) is 17.5 Å². The average molecular weight is 314 g/mol. The summed E-state index contributed by atoms with van der Waals surface area (Å²) in [7, 11) is 0. The van der Waals surface area contributed by atoms with E-state index in [1.54, 1.807) is 6.07 Å². The molecule has 1 amide bonds. The Balaban J connectivity index is 2.09. The minimum absolute atomic E-state index is 0.0525. The number of hydrogen-bond acceptors (Lipinski definition) is 4. The molecular weight excluding hydrogens is 306 g/mol. The predicted molar refractivity (Wildman–Crippen MR) is 76.8 cm³/mol. The van der Waals surface area contributed by atoms with E-state index >= 15 is 0 Å². The van der Waals surface area contributed by atoms with Crippen LogP contribution < -0.4 is 0 Å². The van der Waals surface area contributed by atoms with Crippen LogP contribution in [-0.4, -0.2) is 20.7 Å². The van der Waals surface area contributed by atoms with E-state index in [1.165, 1.54) is 35.3 Å². The zero-order valence-electron chi connectivity index (χ0n) is 11.5. The van der Waals surface area contributed by atoms with Crippen molar-refractivity contribution in [3.05, 3.63) is 70.9 Å². The van der Waals surface area contributed by atoms with Crippen molar-refractivity contribution in [2.45, 2.75) is 0 Å². The molecule has 0 aliphatic rings. The summed E-state index contributed by atoms with van der Waals surface area (Å²) in [6.45, 7) is 0. The van der Waals surface area contributed by atoms with Crippen LogP contribution in [0, 0.1) is 16.5 Å². The van der Waals surface area contributed by atoms with Gasteiger partial charge in [-0.05, 0) is 36.4 Å². The maximum absolute atomic E-state index is 13.4. The van der Waals surface area contributed by atoms with Gasteiger partial charge in [-0.1, -0.05) is 0 Å². The van der Waals surface area contributed by atoms with Crippen LogP contribution in [0.5, 0.6) is 0 Å². The fourth-order valence-corrected chi connectivity index (χ4v) is 2.08. The molecule has 1 aromatic carbocycles. The van der Waals surface area contributed by atoms with Gasteiger partial charge in [0.25, 0.3) is 0 Å². The van der Waals surface area contributed by atoms with Gasteiger partial charge in [0, 0.05) is 16.9 Å². The zero-order chi connectivity index (χ0) is 16.4. The molecule has 0 saturated heterocycles. The number of amides is 1. The number of nitrogens with zero attached hydrogens (tertiary/aromatic N) is 4. The lowest BCUT2D eigenvalue weighted by atomic mass is 10.1. The minimum atomic E-state index is -0.989. The number of hydrogen-bond donors (Lipinski definition) is 0. The first kappa shape index (κ1) is 14.6. The predicted octanol–water partition coefficient (Wildman–Crippen LogP) is 3.12. The Bertz CT molecular complexity index is 908. The molecule has 2 heterocycles. The van der Waals surface area contributed by atoms with Crippen LogP contribution in [0.4, 0.5) is 8.78 Å². The summed E-state index contributed by atoms with van der Waals surface area (Å²) in [6.07, 6.45) is 2.77. The van der Waals surface area contributed by atoms with E-state index in [2.05, 4.69) is 15.3 Å². The van der Waals surface area contributed by atoms with Crippen molar-refractivity contribution in [2.75, 3.05) is 0 Å². The number of halogens is 2. The van der Waals surface area contributed by atoms with Gasteiger partial charge in [-0.2, -0.15) is 5.10 Å². The molecule has 6 nitrogen and oxygen atoms in total. The molecule has 0 aliphatic heterocycles. The van der Waals surface area contributed by atoms with Crippen LogP contribution >= 0.6 is 0 Å². The Morgan fingerprint density at radius 1 is 1.04 bits per heavy atom. The standard InChI is InChI=1S/C15H8F2N4O2/c16-11-2-1-9(7-12(11)17)13-4-6-19-21(13)14-8-10(3-5-18-14)15(22)20-23/h1-8H. The van der Waals surface area contributed by atoms with E-state index in [4.69, 9.17) is 0 Å². The summed E-state index contributed by atoms with van der Waals surface area (Å²) >= 11 is 0. The smallest absolute Gasteiger partial charge is 0.263 e. The molecule has 0 fully saturated rings. The van der Waals surface area contributed by atoms with Crippen LogP contribution in [0.25, 0.3) is 17.1 Å². The molecule has 0 atom stereocenters. The van der Waals surface area contributed by atoms with Gasteiger partial charge >= 0.3 is 5.91 Å². The summed E-state index contributed by atoms with van der Waals surface area (Å²) in [5.41, 5.74) is 0.880. The maximum Gasteiger partial charge on any atom is 0.316 e. The molecule has 0 unspecified atom stereocenters. The van der Waals surface area contributed by atoms with Gasteiger partial charge < -0.3 is 0 Å². The molecule has 0 radical (unpaired) electrons. The molecule has 0 bridgehead atoms. The fourth-order valence-electron chi connectivity index (χ4n) is 2.08. The van der Waals surface area contributed by atoms with Crippen LogP contribution in [0.15, 0.2) is 54.0 Å². The molecule has 0 spiro atoms. The van der Waals surface area contributed by atoms with Gasteiger partial charge in [0.1, 0.15) is 0 Å². The Morgan fingerprint density at radius 2 is 1.87 bits per heavy atom. The van der Waals surface area contributed by atoms with E-state index in [0.29, 0.717) is 11.3 Å². The highest BCUT2D eigenvalue weighted by Crippen LogP contribution is 2.23. The summed E-state index contributed by atoms with van der Waals surface area (Å²) in [4.78, 5) is 25.7. The second-order valence-corrected chi connectivity index (χ2v) is 4.56. The van der Waals surface area contributed by atoms with Gasteiger partial charge in [-0.25, -0.2) is 18.4 Å². The molecule has 3 rings (SSSR count). The third-order valence-electron chi connectivity index (χ3n) is 3.15. The van der Waals surface area contributed by atoms with Crippen molar-refractivity contribution in [1.29, 1.82) is 0 Å². The Kier molecular flexibility index (Phi) is 3.71. The number of nitroso groups, excluding NO2 is 1. The minimum Gasteiger partial charge on any atom is -0.263 e. The maximum atomic E-state index is 13.4. The number of benzene rings is 1. The molecule has 114 valence electrons. The van der Waals surface area contributed by atoms with Crippen LogP contribution in [0.3, 0.4) is 0 Å². The number of rotatable bonds is 3. The summed E-state index contributed by atoms with van der Waals surface area (Å²) in [6, 6.07) is 7.69. The van der Waals surface area contributed by atoms with E-state index in [1.807, 2.05) is 0 Å². The molecule has 23 heavy (non-hydrogen) atoms. The summed E-state index contributed by atoms with van der Waals surface area (Å²) < 4.78 is 27.8. The van der Waals surface area contributed by atoms with Gasteiger partial charge in [0.05, 0.1) is 17.5 Å². The molecule has 0 saturated carbocycles. The second kappa shape index (κ2) is 5.84. The van der Waals surface area contributed by atoms with Crippen LogP contribution in [0.1, 0.15) is 10.4 Å². The number of carbonyl (C=O) groups excluding carboxylic acids is 1. The Hall–Kier alpha value is -3.29. The summed E-state index contributed by atoms with van der Waals surface area (Å²) in [5, 5.41) is 6.40. The lowest BCUT2D eigenvalue weighted by molar-refractivity contribution is 0.100. The molecule has 3 aromatic rings. The zero-order valence-corrected chi connectivity index (χ0v) is 11.5. The van der Waals surface area contributed by atoms with E-state index in [0.717, 1.165) is 12.1 Å². The van der Waals surface area contributed by atoms with Crippen molar-refractivity contribution >= 4 is 5.91 Å². The summed E-state index contributed by atoms with van der Waals surface area (Å²) in [5.74, 6) is -2.64. The first-order valence-corrected chi connectivity index (χ1v) is 6.43. The van der Waals surface area contributed by atoms with E-state index in [-0.39, 0.29) is 11.4 Å². The monoisotopic (exact) mass is 314 g/mol. The largest absolute Gasteiger partial charge is 0.316 e. The molecular formula is C15H8F2N4O2. The Morgan fingerprint density at radius 3 is 2.61 bits per heavy atom. The molecule has 8 heteroatoms. The second-order valence-electron chi connectivity index (χ2n) is 4.56. The van der Waals surface area contributed by atoms with E-state index < -0.39 is 17.5 Å². The van der Waals surface area contributed by atoms with Crippen molar-refractivity contribution in [1.82, 2.24) is 14.8 Å². The number of aromatic nitrogens is 3. The van der Waals surface area contributed by atoms with Crippen molar-refractivity contribution in [2.24, 2.45) is 5.18 Å². The number of carbonyl (C=O) groups is 1. The van der Waals surface area contributed by atoms with Gasteiger partial charge in [-0.3, -0.25) is 4.79 Å². The third-order valence-corrected chi connectivity index (χ3v) is 3.15. The van der Waals surface area contributed by atoms with Gasteiger partial charge in [0.2, 0.25) is 0 Å². The van der Waals surface area contributed by atoms with Crippen molar-refractivity contribution in [3.8, 4) is 17.1 Å². The normalized spacial score (nSPS) is 10.5. The Labute approximate surface area is 128 Å². The third kappa shape index (κ3) is 2.73. The van der Waals surface area contributed by atoms with Crippen molar-refractivity contribution < 1.29 is 13.6 Å². The average Bonchev–Trinajstić information content (AvgIpc) is 3.06. The number of pyridine rings is 1. The van der Waals surface area contributed by atoms with Crippen LogP contribution in [-0.2, 0) is 0 Å². The molecule has 0 aliphatic carbocycles.